The Bertz CT molecular complexity index is 460. The first kappa shape index (κ1) is 14.1. The Morgan fingerprint density at radius 3 is 3.10 bits per heavy atom. The van der Waals surface area contributed by atoms with E-state index >= 15 is 0 Å². The summed E-state index contributed by atoms with van der Waals surface area (Å²) >= 11 is 0. The Labute approximate surface area is 121 Å². The summed E-state index contributed by atoms with van der Waals surface area (Å²) in [4.78, 5) is 0. The predicted molar refractivity (Wildman–Crippen MR) is 79.7 cm³/mol. The minimum absolute atomic E-state index is 0.0516. The van der Waals surface area contributed by atoms with Crippen LogP contribution in [0.5, 0.6) is 0 Å². The van der Waals surface area contributed by atoms with Gasteiger partial charge in [-0.05, 0) is 30.5 Å². The van der Waals surface area contributed by atoms with Crippen molar-refractivity contribution < 1.29 is 9.84 Å². The highest BCUT2D eigenvalue weighted by Crippen LogP contribution is 2.40. The molecule has 3 unspecified atom stereocenters. The van der Waals surface area contributed by atoms with Gasteiger partial charge in [-0.2, -0.15) is 0 Å². The lowest BCUT2D eigenvalue weighted by Crippen LogP contribution is -2.52. The summed E-state index contributed by atoms with van der Waals surface area (Å²) in [7, 11) is 0. The maximum Gasteiger partial charge on any atom is 0.0888 e. The van der Waals surface area contributed by atoms with Crippen LogP contribution in [0.4, 0.5) is 0 Å². The molecule has 3 nitrogen and oxygen atoms in total. The van der Waals surface area contributed by atoms with Crippen molar-refractivity contribution in [2.75, 3.05) is 13.2 Å². The summed E-state index contributed by atoms with van der Waals surface area (Å²) in [5.41, 5.74) is 1.98. The Morgan fingerprint density at radius 2 is 2.25 bits per heavy atom. The quantitative estimate of drug-likeness (QED) is 0.891. The normalized spacial score (nSPS) is 33.7. The number of nitrogens with one attached hydrogen (secondary N) is 1. The lowest BCUT2D eigenvalue weighted by molar-refractivity contribution is -0.123. The molecule has 3 atom stereocenters. The van der Waals surface area contributed by atoms with Crippen molar-refractivity contribution in [3.8, 4) is 0 Å². The maximum absolute atomic E-state index is 11.2. The fourth-order valence-corrected chi connectivity index (χ4v) is 3.71. The van der Waals surface area contributed by atoms with Crippen LogP contribution >= 0.6 is 0 Å². The molecule has 2 N–H and O–H groups in total. The minimum atomic E-state index is -0.672. The van der Waals surface area contributed by atoms with Crippen molar-refractivity contribution in [3.63, 3.8) is 0 Å². The highest BCUT2D eigenvalue weighted by Gasteiger charge is 2.43. The fraction of sp³-hybridized carbons (Fsp3) is 0.647. The van der Waals surface area contributed by atoms with Crippen molar-refractivity contribution in [1.82, 2.24) is 5.32 Å². The van der Waals surface area contributed by atoms with Gasteiger partial charge in [-0.25, -0.2) is 0 Å². The molecule has 0 radical (unpaired) electrons. The third-order valence-corrected chi connectivity index (χ3v) is 4.73. The van der Waals surface area contributed by atoms with Crippen molar-refractivity contribution in [3.05, 3.63) is 35.4 Å². The minimum Gasteiger partial charge on any atom is -0.388 e. The van der Waals surface area contributed by atoms with Crippen LogP contribution in [0.3, 0.4) is 0 Å². The molecule has 0 spiro atoms. The predicted octanol–water partition coefficient (Wildman–Crippen LogP) is 2.58. The van der Waals surface area contributed by atoms with Crippen LogP contribution in [0.2, 0.25) is 0 Å². The fourth-order valence-electron chi connectivity index (χ4n) is 3.71. The summed E-state index contributed by atoms with van der Waals surface area (Å²) in [6.07, 6.45) is 4.87. The van der Waals surface area contributed by atoms with E-state index in [1.54, 1.807) is 0 Å². The van der Waals surface area contributed by atoms with Gasteiger partial charge < -0.3 is 15.2 Å². The Kier molecular flexibility index (Phi) is 4.11. The van der Waals surface area contributed by atoms with Crippen LogP contribution in [-0.2, 0) is 11.2 Å². The van der Waals surface area contributed by atoms with Crippen molar-refractivity contribution >= 4 is 0 Å². The van der Waals surface area contributed by atoms with Gasteiger partial charge in [-0.15, -0.1) is 0 Å². The standard InChI is InChI=1S/C17H25NO2/c1-2-5-14-12-17(19,9-11-20-14)16-15-7-4-3-6-13(15)8-10-18-16/h3-4,6-7,14,16,18-19H,2,5,8-12H2,1H3. The molecule has 3 rings (SSSR count). The molecule has 1 aromatic rings. The molecule has 2 aliphatic heterocycles. The van der Waals surface area contributed by atoms with Crippen LogP contribution in [-0.4, -0.2) is 30.0 Å². The van der Waals surface area contributed by atoms with Crippen molar-refractivity contribution in [2.45, 2.75) is 56.8 Å². The summed E-state index contributed by atoms with van der Waals surface area (Å²) in [6.45, 7) is 3.79. The van der Waals surface area contributed by atoms with Gasteiger partial charge in [-0.3, -0.25) is 0 Å². The first-order chi connectivity index (χ1) is 9.73. The molecule has 20 heavy (non-hydrogen) atoms. The van der Waals surface area contributed by atoms with E-state index in [1.165, 1.54) is 11.1 Å². The highest BCUT2D eigenvalue weighted by molar-refractivity contribution is 5.34. The first-order valence-corrected chi connectivity index (χ1v) is 7.88. The zero-order valence-corrected chi connectivity index (χ0v) is 12.3. The zero-order valence-electron chi connectivity index (χ0n) is 12.3. The number of benzene rings is 1. The lowest BCUT2D eigenvalue weighted by Gasteiger charge is -2.44. The Balaban J connectivity index is 1.84. The second kappa shape index (κ2) is 5.84. The third kappa shape index (κ3) is 2.62. The summed E-state index contributed by atoms with van der Waals surface area (Å²) in [6, 6.07) is 8.57. The van der Waals surface area contributed by atoms with Gasteiger partial charge in [0.1, 0.15) is 0 Å². The maximum atomic E-state index is 11.2. The number of hydrogen-bond donors (Lipinski definition) is 2. The second-order valence-electron chi connectivity index (χ2n) is 6.18. The van der Waals surface area contributed by atoms with Crippen LogP contribution < -0.4 is 5.32 Å². The lowest BCUT2D eigenvalue weighted by atomic mass is 9.76. The van der Waals surface area contributed by atoms with Gasteiger partial charge in [0.15, 0.2) is 0 Å². The van der Waals surface area contributed by atoms with Crippen molar-refractivity contribution in [2.24, 2.45) is 0 Å². The van der Waals surface area contributed by atoms with Crippen LogP contribution in [0.1, 0.15) is 49.8 Å². The average Bonchev–Trinajstić information content (AvgIpc) is 2.47. The molecule has 110 valence electrons. The summed E-state index contributed by atoms with van der Waals surface area (Å²) < 4.78 is 5.80. The van der Waals surface area contributed by atoms with E-state index < -0.39 is 5.60 Å². The van der Waals surface area contributed by atoms with Gasteiger partial charge in [0.05, 0.1) is 17.7 Å². The van der Waals surface area contributed by atoms with E-state index in [1.807, 2.05) is 0 Å². The van der Waals surface area contributed by atoms with E-state index in [2.05, 4.69) is 36.5 Å². The number of fused-ring (bicyclic) bond motifs is 1. The number of rotatable bonds is 3. The second-order valence-corrected chi connectivity index (χ2v) is 6.18. The molecule has 1 aromatic carbocycles. The molecule has 0 amide bonds. The molecule has 0 saturated carbocycles. The van der Waals surface area contributed by atoms with Crippen LogP contribution in [0.25, 0.3) is 0 Å². The Morgan fingerprint density at radius 1 is 1.40 bits per heavy atom. The topological polar surface area (TPSA) is 41.5 Å². The smallest absolute Gasteiger partial charge is 0.0888 e. The van der Waals surface area contributed by atoms with E-state index in [0.717, 1.165) is 38.6 Å². The average molecular weight is 275 g/mol. The number of aliphatic hydroxyl groups is 1. The van der Waals surface area contributed by atoms with E-state index in [0.29, 0.717) is 6.61 Å². The van der Waals surface area contributed by atoms with Crippen LogP contribution in [0.15, 0.2) is 24.3 Å². The monoisotopic (exact) mass is 275 g/mol. The highest BCUT2D eigenvalue weighted by atomic mass is 16.5. The molecule has 1 saturated heterocycles. The molecule has 1 fully saturated rings. The van der Waals surface area contributed by atoms with Gasteiger partial charge in [0.2, 0.25) is 0 Å². The molecular weight excluding hydrogens is 250 g/mol. The van der Waals surface area contributed by atoms with Gasteiger partial charge in [0, 0.05) is 19.4 Å². The first-order valence-electron chi connectivity index (χ1n) is 7.88. The van der Waals surface area contributed by atoms with Crippen molar-refractivity contribution in [1.29, 1.82) is 0 Å². The molecule has 0 aliphatic carbocycles. The number of hydrogen-bond acceptors (Lipinski definition) is 3. The molecule has 3 heteroatoms. The Hall–Kier alpha value is -0.900. The molecule has 0 aromatic heterocycles. The van der Waals surface area contributed by atoms with Gasteiger partial charge in [-0.1, -0.05) is 37.6 Å². The van der Waals surface area contributed by atoms with E-state index in [-0.39, 0.29) is 12.1 Å². The van der Waals surface area contributed by atoms with E-state index in [9.17, 15) is 5.11 Å². The largest absolute Gasteiger partial charge is 0.388 e. The third-order valence-electron chi connectivity index (χ3n) is 4.73. The molecular formula is C17H25NO2. The number of ether oxygens (including phenoxy) is 1. The van der Waals surface area contributed by atoms with Gasteiger partial charge in [0.25, 0.3) is 0 Å². The molecule has 2 aliphatic rings. The zero-order chi connectivity index (χ0) is 14.0. The van der Waals surface area contributed by atoms with Gasteiger partial charge >= 0.3 is 0 Å². The SMILES string of the molecule is CCCC1CC(O)(C2NCCc3ccccc32)CCO1. The summed E-state index contributed by atoms with van der Waals surface area (Å²) in [5, 5.41) is 14.7. The summed E-state index contributed by atoms with van der Waals surface area (Å²) in [5.74, 6) is 0. The van der Waals surface area contributed by atoms with Crippen LogP contribution in [0, 0.1) is 0 Å². The molecule has 0 bridgehead atoms. The van der Waals surface area contributed by atoms with E-state index in [4.69, 9.17) is 4.74 Å². The molecule has 2 heterocycles.